The number of nitrogens with zero attached hydrogens (tertiary/aromatic N) is 1. The van der Waals surface area contributed by atoms with Crippen LogP contribution < -0.4 is 4.90 Å². The van der Waals surface area contributed by atoms with Crippen LogP contribution in [-0.2, 0) is 10.8 Å². The minimum Gasteiger partial charge on any atom is -0.310 e. The van der Waals surface area contributed by atoms with Crippen LogP contribution in [0.2, 0.25) is 0 Å². The quantitative estimate of drug-likeness (QED) is 0.178. The van der Waals surface area contributed by atoms with Crippen molar-refractivity contribution in [1.82, 2.24) is 0 Å². The highest BCUT2D eigenvalue weighted by Gasteiger charge is 2.38. The second-order valence-electron chi connectivity index (χ2n) is 14.5. The molecule has 1 aliphatic carbocycles. The van der Waals surface area contributed by atoms with E-state index in [0.29, 0.717) is 0 Å². The van der Waals surface area contributed by atoms with Crippen LogP contribution in [0.1, 0.15) is 49.9 Å². The van der Waals surface area contributed by atoms with E-state index in [2.05, 4.69) is 172 Å². The number of hydrogen-bond acceptors (Lipinski definition) is 1. The first-order valence-electron chi connectivity index (χ1n) is 16.8. The number of para-hydroxylation sites is 2. The molecule has 0 N–H and O–H groups in total. The van der Waals surface area contributed by atoms with Crippen LogP contribution >= 0.6 is 0 Å². The molecular weight excluding hydrogens is 567 g/mol. The summed E-state index contributed by atoms with van der Waals surface area (Å²) >= 11 is 0. The van der Waals surface area contributed by atoms with E-state index in [4.69, 9.17) is 0 Å². The van der Waals surface area contributed by atoms with Crippen LogP contribution in [0.5, 0.6) is 0 Å². The summed E-state index contributed by atoms with van der Waals surface area (Å²) in [4.78, 5) is 2.43. The third-order valence-electron chi connectivity index (χ3n) is 11.4. The lowest BCUT2D eigenvalue weighted by molar-refractivity contribution is 0.632. The van der Waals surface area contributed by atoms with E-state index in [1.807, 2.05) is 0 Å². The van der Waals surface area contributed by atoms with Gasteiger partial charge in [-0.15, -0.1) is 0 Å². The van der Waals surface area contributed by atoms with Gasteiger partial charge in [-0.25, -0.2) is 0 Å². The molecular formula is C46H35N. The second-order valence-corrected chi connectivity index (χ2v) is 14.5. The Bertz CT molecular complexity index is 2520. The van der Waals surface area contributed by atoms with E-state index in [1.54, 1.807) is 0 Å². The Kier molecular flexibility index (Phi) is 5.19. The molecule has 0 bridgehead atoms. The lowest BCUT2D eigenvalue weighted by Crippen LogP contribution is -2.30. The number of anilines is 3. The largest absolute Gasteiger partial charge is 0.310 e. The molecule has 1 nitrogen and oxygen atoms in total. The van der Waals surface area contributed by atoms with Crippen molar-refractivity contribution in [3.05, 3.63) is 162 Å². The summed E-state index contributed by atoms with van der Waals surface area (Å²) in [5.74, 6) is 0. The molecule has 8 aromatic rings. The zero-order chi connectivity index (χ0) is 31.7. The average molecular weight is 602 g/mol. The summed E-state index contributed by atoms with van der Waals surface area (Å²) in [6, 6.07) is 52.4. The highest BCUT2D eigenvalue weighted by molar-refractivity contribution is 6.27. The van der Waals surface area contributed by atoms with Gasteiger partial charge in [0.25, 0.3) is 0 Å². The van der Waals surface area contributed by atoms with Crippen LogP contribution in [0.4, 0.5) is 17.1 Å². The first-order valence-corrected chi connectivity index (χ1v) is 16.8. The lowest BCUT2D eigenvalue weighted by atomic mass is 9.73. The molecule has 0 radical (unpaired) electrons. The summed E-state index contributed by atoms with van der Waals surface area (Å²) in [7, 11) is 0. The van der Waals surface area contributed by atoms with Gasteiger partial charge in [-0.3, -0.25) is 0 Å². The Morgan fingerprint density at radius 1 is 0.426 bits per heavy atom. The average Bonchev–Trinajstić information content (AvgIpc) is 3.33. The fourth-order valence-electron chi connectivity index (χ4n) is 9.15. The molecule has 10 rings (SSSR count). The molecule has 1 heterocycles. The molecule has 0 saturated heterocycles. The molecule has 0 unspecified atom stereocenters. The van der Waals surface area contributed by atoms with Crippen LogP contribution in [0.25, 0.3) is 54.6 Å². The Labute approximate surface area is 276 Å². The normalized spacial score (nSPS) is 15.5. The summed E-state index contributed by atoms with van der Waals surface area (Å²) in [5.41, 5.74) is 14.4. The van der Waals surface area contributed by atoms with E-state index >= 15 is 0 Å². The first-order chi connectivity index (χ1) is 22.8. The van der Waals surface area contributed by atoms with Crippen molar-refractivity contribution in [3.8, 4) is 22.3 Å². The smallest absolute Gasteiger partial charge is 0.0502 e. The summed E-state index contributed by atoms with van der Waals surface area (Å²) in [6.45, 7) is 9.46. The molecule has 0 atom stereocenters. The van der Waals surface area contributed by atoms with Gasteiger partial charge in [-0.1, -0.05) is 137 Å². The SMILES string of the molecule is CC1(C)c2ccccc2N(c2ccc(-c3ccc4ccc5c6c(cc7ccc3c4c75)-c3ccccc3C6(C)C)cc2)c2ccccc21. The van der Waals surface area contributed by atoms with E-state index in [1.165, 1.54) is 93.9 Å². The number of hydrogen-bond donors (Lipinski definition) is 0. The van der Waals surface area contributed by atoms with Gasteiger partial charge in [-0.05, 0) is 107 Å². The molecule has 224 valence electrons. The molecule has 0 amide bonds. The maximum atomic E-state index is 2.45. The predicted molar refractivity (Wildman–Crippen MR) is 200 cm³/mol. The third kappa shape index (κ3) is 3.44. The Hall–Kier alpha value is -5.40. The molecule has 8 aromatic carbocycles. The monoisotopic (exact) mass is 601 g/mol. The number of fused-ring (bicyclic) bond motifs is 6. The molecule has 2 aliphatic rings. The van der Waals surface area contributed by atoms with Gasteiger partial charge in [0, 0.05) is 16.5 Å². The number of rotatable bonds is 2. The minimum atomic E-state index is -0.0660. The van der Waals surface area contributed by atoms with E-state index in [-0.39, 0.29) is 10.8 Å². The standard InChI is InChI=1S/C46H35N/c1-45(2)38-13-7-9-15-40(38)47(41-16-10-8-14-39(41)45)31-22-17-28(18-23-31)32-24-19-29-20-26-35-43-30(21-25-34(32)42(29)43)27-36-33-11-5-6-12-37(33)46(3,4)44(35)36/h5-27H,1-4H3. The van der Waals surface area contributed by atoms with Crippen molar-refractivity contribution >= 4 is 49.4 Å². The van der Waals surface area contributed by atoms with Gasteiger partial charge in [0.1, 0.15) is 0 Å². The summed E-state index contributed by atoms with van der Waals surface area (Å²) in [5, 5.41) is 8.09. The maximum Gasteiger partial charge on any atom is 0.0502 e. The zero-order valence-electron chi connectivity index (χ0n) is 27.2. The highest BCUT2D eigenvalue weighted by Crippen LogP contribution is 2.55. The second kappa shape index (κ2) is 9.11. The van der Waals surface area contributed by atoms with Crippen LogP contribution in [0.15, 0.2) is 140 Å². The fraction of sp³-hybridized carbons (Fsp3) is 0.130. The molecule has 0 aromatic heterocycles. The van der Waals surface area contributed by atoms with E-state index in [0.717, 1.165) is 0 Å². The molecule has 0 spiro atoms. The van der Waals surface area contributed by atoms with Crippen molar-refractivity contribution < 1.29 is 0 Å². The van der Waals surface area contributed by atoms with Gasteiger partial charge in [0.2, 0.25) is 0 Å². The number of benzene rings is 8. The lowest BCUT2D eigenvalue weighted by Gasteiger charge is -2.42. The van der Waals surface area contributed by atoms with Gasteiger partial charge >= 0.3 is 0 Å². The van der Waals surface area contributed by atoms with Crippen molar-refractivity contribution in [3.63, 3.8) is 0 Å². The molecule has 1 aliphatic heterocycles. The molecule has 0 fully saturated rings. The van der Waals surface area contributed by atoms with Crippen LogP contribution in [0, 0.1) is 0 Å². The third-order valence-corrected chi connectivity index (χ3v) is 11.4. The van der Waals surface area contributed by atoms with E-state index < -0.39 is 0 Å². The first kappa shape index (κ1) is 26.8. The van der Waals surface area contributed by atoms with Crippen molar-refractivity contribution in [2.75, 3.05) is 4.90 Å². The van der Waals surface area contributed by atoms with Crippen molar-refractivity contribution in [2.24, 2.45) is 0 Å². The van der Waals surface area contributed by atoms with Gasteiger partial charge < -0.3 is 4.90 Å². The summed E-state index contributed by atoms with van der Waals surface area (Å²) in [6.07, 6.45) is 0. The van der Waals surface area contributed by atoms with Gasteiger partial charge in [0.05, 0.1) is 11.4 Å². The fourth-order valence-corrected chi connectivity index (χ4v) is 9.15. The highest BCUT2D eigenvalue weighted by atomic mass is 15.2. The topological polar surface area (TPSA) is 3.24 Å². The van der Waals surface area contributed by atoms with E-state index in [9.17, 15) is 0 Å². The summed E-state index contributed by atoms with van der Waals surface area (Å²) < 4.78 is 0. The Morgan fingerprint density at radius 3 is 1.72 bits per heavy atom. The van der Waals surface area contributed by atoms with Crippen molar-refractivity contribution in [1.29, 1.82) is 0 Å². The van der Waals surface area contributed by atoms with Gasteiger partial charge in [-0.2, -0.15) is 0 Å². The van der Waals surface area contributed by atoms with Gasteiger partial charge in [0.15, 0.2) is 0 Å². The zero-order valence-corrected chi connectivity index (χ0v) is 27.2. The van der Waals surface area contributed by atoms with Crippen LogP contribution in [-0.4, -0.2) is 0 Å². The van der Waals surface area contributed by atoms with Crippen LogP contribution in [0.3, 0.4) is 0 Å². The maximum absolute atomic E-state index is 2.45. The Balaban J connectivity index is 1.14. The molecule has 47 heavy (non-hydrogen) atoms. The molecule has 1 heteroatoms. The molecule has 0 saturated carbocycles. The predicted octanol–water partition coefficient (Wildman–Crippen LogP) is 12.7. The van der Waals surface area contributed by atoms with Crippen molar-refractivity contribution in [2.45, 2.75) is 38.5 Å². The Morgan fingerprint density at radius 2 is 1.00 bits per heavy atom. The minimum absolute atomic E-state index is 0.0478.